The first-order chi connectivity index (χ1) is 13.5. The number of carbonyl (C=O) groups excluding carboxylic acids is 1. The largest absolute Gasteiger partial charge is 0.390 e. The van der Waals surface area contributed by atoms with Gasteiger partial charge in [0.05, 0.1) is 18.8 Å². The first-order valence-electron chi connectivity index (χ1n) is 9.22. The van der Waals surface area contributed by atoms with E-state index in [2.05, 4.69) is 10.5 Å². The van der Waals surface area contributed by atoms with E-state index >= 15 is 0 Å². The molecule has 1 N–H and O–H groups in total. The third kappa shape index (κ3) is 4.85. The van der Waals surface area contributed by atoms with Gasteiger partial charge >= 0.3 is 6.03 Å². The zero-order valence-corrected chi connectivity index (χ0v) is 15.9. The summed E-state index contributed by atoms with van der Waals surface area (Å²) in [5, 5.41) is 6.86. The number of benzene rings is 2. The van der Waals surface area contributed by atoms with Gasteiger partial charge in [-0.15, -0.1) is 0 Å². The Morgan fingerprint density at radius 2 is 2.00 bits per heavy atom. The summed E-state index contributed by atoms with van der Waals surface area (Å²) in [5.74, 6) is -1.33. The third-order valence-electron chi connectivity index (χ3n) is 4.53. The summed E-state index contributed by atoms with van der Waals surface area (Å²) in [7, 11) is 0. The van der Waals surface area contributed by atoms with E-state index in [0.29, 0.717) is 13.0 Å². The molecule has 3 rings (SSSR count). The van der Waals surface area contributed by atoms with Gasteiger partial charge < -0.3 is 15.1 Å². The molecule has 1 aliphatic rings. The minimum Gasteiger partial charge on any atom is -0.390 e. The van der Waals surface area contributed by atoms with Crippen LogP contribution in [0.4, 0.5) is 13.6 Å². The normalized spacial score (nSPS) is 15.7. The average molecular weight is 387 g/mol. The number of oxime groups is 1. The molecule has 0 bridgehead atoms. The maximum Gasteiger partial charge on any atom is 0.317 e. The summed E-state index contributed by atoms with van der Waals surface area (Å²) in [6, 6.07) is 11.0. The monoisotopic (exact) mass is 387 g/mol. The van der Waals surface area contributed by atoms with E-state index in [4.69, 9.17) is 4.84 Å². The molecule has 2 aromatic rings. The smallest absolute Gasteiger partial charge is 0.317 e. The Bertz CT molecular complexity index is 868. The quantitative estimate of drug-likeness (QED) is 0.815. The molecule has 0 spiro atoms. The van der Waals surface area contributed by atoms with E-state index in [1.807, 2.05) is 31.2 Å². The molecular formula is C21H23F2N3O2. The number of halogens is 2. The summed E-state index contributed by atoms with van der Waals surface area (Å²) >= 11 is 0. The highest BCUT2D eigenvalue weighted by Gasteiger charge is 2.27. The number of carbonyl (C=O) groups is 1. The molecule has 0 saturated heterocycles. The lowest BCUT2D eigenvalue weighted by atomic mass is 10.0. The van der Waals surface area contributed by atoms with Gasteiger partial charge in [-0.25, -0.2) is 13.6 Å². The highest BCUT2D eigenvalue weighted by Crippen LogP contribution is 2.20. The van der Waals surface area contributed by atoms with Crippen LogP contribution in [0.15, 0.2) is 47.6 Å². The zero-order chi connectivity index (χ0) is 20.1. The van der Waals surface area contributed by atoms with Gasteiger partial charge in [-0.2, -0.15) is 0 Å². The van der Waals surface area contributed by atoms with Crippen LogP contribution < -0.4 is 5.32 Å². The third-order valence-corrected chi connectivity index (χ3v) is 4.53. The predicted octanol–water partition coefficient (Wildman–Crippen LogP) is 4.00. The van der Waals surface area contributed by atoms with E-state index in [1.54, 1.807) is 6.92 Å². The Labute approximate surface area is 163 Å². The number of aryl methyl sites for hydroxylation is 1. The number of nitrogens with one attached hydrogen (secondary N) is 1. The summed E-state index contributed by atoms with van der Waals surface area (Å²) in [4.78, 5) is 19.4. The molecule has 148 valence electrons. The van der Waals surface area contributed by atoms with Gasteiger partial charge in [0, 0.05) is 24.6 Å². The number of amides is 2. The molecule has 1 aliphatic heterocycles. The fourth-order valence-corrected chi connectivity index (χ4v) is 3.03. The van der Waals surface area contributed by atoms with E-state index in [9.17, 15) is 13.6 Å². The molecule has 0 radical (unpaired) electrons. The minimum atomic E-state index is -0.682. The van der Waals surface area contributed by atoms with E-state index < -0.39 is 11.6 Å². The van der Waals surface area contributed by atoms with Crippen molar-refractivity contribution in [2.45, 2.75) is 32.9 Å². The number of rotatable bonds is 6. The first kappa shape index (κ1) is 19.8. The lowest BCUT2D eigenvalue weighted by molar-refractivity contribution is 0.0588. The van der Waals surface area contributed by atoms with Gasteiger partial charge in [0.2, 0.25) is 0 Å². The lowest BCUT2D eigenvalue weighted by Gasteiger charge is -2.25. The molecule has 7 heteroatoms. The summed E-state index contributed by atoms with van der Waals surface area (Å²) in [5.41, 5.74) is 3.19. The van der Waals surface area contributed by atoms with Crippen molar-refractivity contribution in [2.75, 3.05) is 13.1 Å². The maximum absolute atomic E-state index is 14.0. The summed E-state index contributed by atoms with van der Waals surface area (Å²) in [6.07, 6.45) is 0.215. The maximum atomic E-state index is 14.0. The van der Waals surface area contributed by atoms with Crippen molar-refractivity contribution in [1.82, 2.24) is 10.2 Å². The van der Waals surface area contributed by atoms with Crippen LogP contribution in [0.3, 0.4) is 0 Å². The molecular weight excluding hydrogens is 364 g/mol. The fraction of sp³-hybridized carbons (Fsp3) is 0.333. The number of hydrogen-bond acceptors (Lipinski definition) is 3. The first-order valence-corrected chi connectivity index (χ1v) is 9.22. The second-order valence-electron chi connectivity index (χ2n) is 6.79. The number of nitrogens with zero attached hydrogens (tertiary/aromatic N) is 2. The molecule has 2 amide bonds. The van der Waals surface area contributed by atoms with Crippen molar-refractivity contribution in [3.05, 3.63) is 70.8 Å². The van der Waals surface area contributed by atoms with Gasteiger partial charge in [-0.05, 0) is 25.5 Å². The van der Waals surface area contributed by atoms with E-state index in [-0.39, 0.29) is 30.8 Å². The van der Waals surface area contributed by atoms with Crippen molar-refractivity contribution >= 4 is 11.7 Å². The van der Waals surface area contributed by atoms with E-state index in [1.165, 1.54) is 17.0 Å². The molecule has 0 aromatic heterocycles. The fourth-order valence-electron chi connectivity index (χ4n) is 3.03. The molecule has 2 aromatic carbocycles. The van der Waals surface area contributed by atoms with Gasteiger partial charge in [-0.1, -0.05) is 41.1 Å². The molecule has 5 nitrogen and oxygen atoms in total. The zero-order valence-electron chi connectivity index (χ0n) is 15.9. The van der Waals surface area contributed by atoms with Crippen molar-refractivity contribution in [3.8, 4) is 0 Å². The molecule has 0 aliphatic carbocycles. The number of urea groups is 1. The van der Waals surface area contributed by atoms with Crippen LogP contribution in [0.5, 0.6) is 0 Å². The summed E-state index contributed by atoms with van der Waals surface area (Å²) < 4.78 is 27.2. The van der Waals surface area contributed by atoms with Gasteiger partial charge in [0.15, 0.2) is 6.10 Å². The van der Waals surface area contributed by atoms with Crippen LogP contribution in [0.1, 0.15) is 30.0 Å². The van der Waals surface area contributed by atoms with Crippen molar-refractivity contribution in [3.63, 3.8) is 0 Å². The van der Waals surface area contributed by atoms with Crippen LogP contribution in [0.2, 0.25) is 0 Å². The van der Waals surface area contributed by atoms with Crippen LogP contribution in [-0.2, 0) is 11.4 Å². The van der Waals surface area contributed by atoms with Gasteiger partial charge in [0.1, 0.15) is 11.6 Å². The Balaban J connectivity index is 1.68. The minimum absolute atomic E-state index is 0.0116. The Morgan fingerprint density at radius 1 is 1.25 bits per heavy atom. The Hall–Kier alpha value is -2.96. The van der Waals surface area contributed by atoms with Gasteiger partial charge in [0.25, 0.3) is 0 Å². The second-order valence-corrected chi connectivity index (χ2v) is 6.79. The lowest BCUT2D eigenvalue weighted by Crippen LogP contribution is -2.43. The second kappa shape index (κ2) is 8.82. The number of hydrogen-bond donors (Lipinski definition) is 1. The van der Waals surface area contributed by atoms with Crippen LogP contribution in [-0.4, -0.2) is 35.8 Å². The van der Waals surface area contributed by atoms with Crippen molar-refractivity contribution in [2.24, 2.45) is 5.16 Å². The SMILES string of the molecule is CCNC(=O)N(Cc1ccc(F)cc1F)C[C@@H]1CC(c2ccc(C)cc2)=NO1. The Kier molecular flexibility index (Phi) is 6.23. The van der Waals surface area contributed by atoms with E-state index in [0.717, 1.165) is 22.9 Å². The van der Waals surface area contributed by atoms with Crippen LogP contribution in [0, 0.1) is 18.6 Å². The molecule has 0 fully saturated rings. The van der Waals surface area contributed by atoms with Crippen molar-refractivity contribution in [1.29, 1.82) is 0 Å². The van der Waals surface area contributed by atoms with Crippen LogP contribution in [0.25, 0.3) is 0 Å². The van der Waals surface area contributed by atoms with Crippen LogP contribution >= 0.6 is 0 Å². The topological polar surface area (TPSA) is 53.9 Å². The molecule has 0 unspecified atom stereocenters. The molecule has 0 saturated carbocycles. The average Bonchev–Trinajstić information content (AvgIpc) is 3.12. The standard InChI is InChI=1S/C21H23F2N3O2/c1-3-24-21(27)26(12-16-8-9-17(22)10-19(16)23)13-18-11-20(25-28-18)15-6-4-14(2)5-7-15/h4-10,18H,3,11-13H2,1-2H3,(H,24,27)/t18-/m0/s1. The molecule has 28 heavy (non-hydrogen) atoms. The van der Waals surface area contributed by atoms with Gasteiger partial charge in [-0.3, -0.25) is 0 Å². The molecule has 1 heterocycles. The predicted molar refractivity (Wildman–Crippen MR) is 103 cm³/mol. The van der Waals surface area contributed by atoms with Crippen molar-refractivity contribution < 1.29 is 18.4 Å². The highest BCUT2D eigenvalue weighted by molar-refractivity contribution is 6.01. The summed E-state index contributed by atoms with van der Waals surface area (Å²) in [6.45, 7) is 4.51. The Morgan fingerprint density at radius 3 is 2.68 bits per heavy atom. The molecule has 1 atom stereocenters. The highest BCUT2D eigenvalue weighted by atomic mass is 19.1.